The van der Waals surface area contributed by atoms with E-state index in [-0.39, 0.29) is 11.5 Å². The van der Waals surface area contributed by atoms with Crippen LogP contribution in [0, 0.1) is 11.7 Å². The van der Waals surface area contributed by atoms with Crippen molar-refractivity contribution >= 4 is 17.5 Å². The van der Waals surface area contributed by atoms with Crippen LogP contribution in [0.25, 0.3) is 0 Å². The maximum atomic E-state index is 13.3. The number of rotatable bonds is 4. The van der Waals surface area contributed by atoms with Gasteiger partial charge in [-0.2, -0.15) is 11.8 Å². The second-order valence-electron chi connectivity index (χ2n) is 4.53. The van der Waals surface area contributed by atoms with Crippen LogP contribution in [0.3, 0.4) is 0 Å². The fourth-order valence-corrected chi connectivity index (χ4v) is 3.37. The normalized spacial score (nSPS) is 16.6. The average molecular weight is 268 g/mol. The third-order valence-corrected chi connectivity index (χ3v) is 4.34. The smallest absolute Gasteiger partial charge is 0.165 e. The van der Waals surface area contributed by atoms with Crippen LogP contribution in [0.15, 0.2) is 18.2 Å². The number of hydrogen-bond acceptors (Lipinski definition) is 3. The van der Waals surface area contributed by atoms with Crippen LogP contribution < -0.4 is 4.74 Å². The zero-order valence-electron chi connectivity index (χ0n) is 10.4. The van der Waals surface area contributed by atoms with Crippen molar-refractivity contribution in [1.29, 1.82) is 0 Å². The molecule has 1 aromatic rings. The van der Waals surface area contributed by atoms with Crippen molar-refractivity contribution in [3.05, 3.63) is 29.6 Å². The Kier molecular flexibility index (Phi) is 4.64. The molecule has 0 bridgehead atoms. The molecule has 2 rings (SSSR count). The Morgan fingerprint density at radius 2 is 2.17 bits per heavy atom. The van der Waals surface area contributed by atoms with Gasteiger partial charge in [-0.25, -0.2) is 4.39 Å². The minimum Gasteiger partial charge on any atom is -0.494 e. The molecule has 1 aromatic carbocycles. The molecule has 2 nitrogen and oxygen atoms in total. The van der Waals surface area contributed by atoms with Gasteiger partial charge < -0.3 is 4.74 Å². The Balaban J connectivity index is 2.03. The largest absolute Gasteiger partial charge is 0.494 e. The topological polar surface area (TPSA) is 26.3 Å². The molecule has 0 saturated carbocycles. The first-order chi connectivity index (χ1) is 8.70. The molecule has 18 heavy (non-hydrogen) atoms. The molecule has 1 aliphatic heterocycles. The summed E-state index contributed by atoms with van der Waals surface area (Å²) in [5.74, 6) is 2.57. The highest BCUT2D eigenvalue weighted by molar-refractivity contribution is 7.99. The Morgan fingerprint density at radius 3 is 2.83 bits per heavy atom. The fourth-order valence-electron chi connectivity index (χ4n) is 2.16. The van der Waals surface area contributed by atoms with Crippen LogP contribution in [0.2, 0.25) is 0 Å². The summed E-state index contributed by atoms with van der Waals surface area (Å²) in [5, 5.41) is 0. The van der Waals surface area contributed by atoms with Crippen molar-refractivity contribution in [1.82, 2.24) is 0 Å². The molecule has 1 aliphatic rings. The highest BCUT2D eigenvalue weighted by atomic mass is 32.2. The average Bonchev–Trinajstić information content (AvgIpc) is 2.40. The van der Waals surface area contributed by atoms with Crippen molar-refractivity contribution in [2.45, 2.75) is 19.3 Å². The quantitative estimate of drug-likeness (QED) is 0.781. The van der Waals surface area contributed by atoms with Crippen molar-refractivity contribution in [2.75, 3.05) is 18.6 Å². The van der Waals surface area contributed by atoms with Crippen LogP contribution in [0.4, 0.5) is 4.39 Å². The summed E-state index contributed by atoms with van der Waals surface area (Å²) in [5.41, 5.74) is 0.548. The summed E-state index contributed by atoms with van der Waals surface area (Å²) in [4.78, 5) is 12.1. The summed E-state index contributed by atoms with van der Waals surface area (Å²) in [6.45, 7) is 0. The first-order valence-electron chi connectivity index (χ1n) is 6.15. The number of halogens is 1. The SMILES string of the molecule is COc1cc(C(=O)CC2CCSCC2)ccc1F. The van der Waals surface area contributed by atoms with E-state index in [0.717, 1.165) is 24.3 Å². The van der Waals surface area contributed by atoms with Crippen LogP contribution in [-0.2, 0) is 0 Å². The van der Waals surface area contributed by atoms with Gasteiger partial charge in [0.2, 0.25) is 0 Å². The number of thioether (sulfide) groups is 1. The number of carbonyl (C=O) groups is 1. The molecule has 1 fully saturated rings. The summed E-state index contributed by atoms with van der Waals surface area (Å²) >= 11 is 1.95. The van der Waals surface area contributed by atoms with Gasteiger partial charge in [0.05, 0.1) is 7.11 Å². The van der Waals surface area contributed by atoms with Gasteiger partial charge in [0.25, 0.3) is 0 Å². The zero-order chi connectivity index (χ0) is 13.0. The standard InChI is InChI=1S/C14H17FO2S/c1-17-14-9-11(2-3-12(14)15)13(16)8-10-4-6-18-7-5-10/h2-3,9-10H,4-8H2,1H3. The molecular formula is C14H17FO2S. The minimum atomic E-state index is -0.428. The van der Waals surface area contributed by atoms with Gasteiger partial charge in [0.1, 0.15) is 0 Å². The van der Waals surface area contributed by atoms with Crippen molar-refractivity contribution in [3.8, 4) is 5.75 Å². The number of hydrogen-bond donors (Lipinski definition) is 0. The maximum absolute atomic E-state index is 13.3. The summed E-state index contributed by atoms with van der Waals surface area (Å²) in [6, 6.07) is 4.33. The predicted octanol–water partition coefficient (Wildman–Crippen LogP) is 3.55. The van der Waals surface area contributed by atoms with Crippen LogP contribution >= 0.6 is 11.8 Å². The molecule has 1 saturated heterocycles. The molecule has 0 radical (unpaired) electrons. The Hall–Kier alpha value is -1.03. The lowest BCUT2D eigenvalue weighted by Crippen LogP contribution is -2.14. The van der Waals surface area contributed by atoms with Gasteiger partial charge in [-0.3, -0.25) is 4.79 Å². The van der Waals surface area contributed by atoms with Crippen molar-refractivity contribution < 1.29 is 13.9 Å². The fraction of sp³-hybridized carbons (Fsp3) is 0.500. The van der Waals surface area contributed by atoms with Gasteiger partial charge >= 0.3 is 0 Å². The van der Waals surface area contributed by atoms with Crippen LogP contribution in [-0.4, -0.2) is 24.4 Å². The van der Waals surface area contributed by atoms with E-state index in [1.165, 1.54) is 25.3 Å². The zero-order valence-corrected chi connectivity index (χ0v) is 11.3. The van der Waals surface area contributed by atoms with Crippen molar-refractivity contribution in [3.63, 3.8) is 0 Å². The molecule has 0 N–H and O–H groups in total. The molecule has 0 amide bonds. The number of Topliss-reactive ketones (excluding diaryl/α,β-unsaturated/α-hetero) is 1. The molecule has 1 heterocycles. The second-order valence-corrected chi connectivity index (χ2v) is 5.76. The van der Waals surface area contributed by atoms with E-state index >= 15 is 0 Å². The molecule has 0 atom stereocenters. The molecule has 4 heteroatoms. The Morgan fingerprint density at radius 1 is 1.44 bits per heavy atom. The van der Waals surface area contributed by atoms with Gasteiger partial charge in [-0.05, 0) is 48.5 Å². The molecule has 0 aromatic heterocycles. The van der Waals surface area contributed by atoms with E-state index in [1.807, 2.05) is 11.8 Å². The molecule has 0 aliphatic carbocycles. The van der Waals surface area contributed by atoms with E-state index in [1.54, 1.807) is 0 Å². The predicted molar refractivity (Wildman–Crippen MR) is 71.9 cm³/mol. The number of ether oxygens (including phenoxy) is 1. The van der Waals surface area contributed by atoms with Gasteiger partial charge in [-0.15, -0.1) is 0 Å². The maximum Gasteiger partial charge on any atom is 0.165 e. The van der Waals surface area contributed by atoms with E-state index in [2.05, 4.69) is 0 Å². The van der Waals surface area contributed by atoms with Gasteiger partial charge in [0.15, 0.2) is 17.3 Å². The summed E-state index contributed by atoms with van der Waals surface area (Å²) in [7, 11) is 1.41. The lowest BCUT2D eigenvalue weighted by atomic mass is 9.93. The van der Waals surface area contributed by atoms with E-state index in [0.29, 0.717) is 17.9 Å². The molecular weight excluding hydrogens is 251 g/mol. The number of ketones is 1. The van der Waals surface area contributed by atoms with Gasteiger partial charge in [-0.1, -0.05) is 0 Å². The lowest BCUT2D eigenvalue weighted by Gasteiger charge is -2.20. The van der Waals surface area contributed by atoms with Crippen molar-refractivity contribution in [2.24, 2.45) is 5.92 Å². The number of methoxy groups -OCH3 is 1. The number of benzene rings is 1. The highest BCUT2D eigenvalue weighted by Crippen LogP contribution is 2.27. The first-order valence-corrected chi connectivity index (χ1v) is 7.30. The van der Waals surface area contributed by atoms with Crippen LogP contribution in [0.1, 0.15) is 29.6 Å². The van der Waals surface area contributed by atoms with E-state index in [4.69, 9.17) is 4.74 Å². The molecule has 0 unspecified atom stereocenters. The third-order valence-electron chi connectivity index (χ3n) is 3.29. The minimum absolute atomic E-state index is 0.0881. The Labute approximate surface area is 111 Å². The molecule has 98 valence electrons. The van der Waals surface area contributed by atoms with Gasteiger partial charge in [0, 0.05) is 12.0 Å². The third kappa shape index (κ3) is 3.25. The summed E-state index contributed by atoms with van der Waals surface area (Å²) < 4.78 is 18.1. The van der Waals surface area contributed by atoms with Crippen LogP contribution in [0.5, 0.6) is 5.75 Å². The Bertz CT molecular complexity index is 428. The first kappa shape index (κ1) is 13.4. The highest BCUT2D eigenvalue weighted by Gasteiger charge is 2.19. The van der Waals surface area contributed by atoms with E-state index in [9.17, 15) is 9.18 Å². The summed E-state index contributed by atoms with van der Waals surface area (Å²) in [6.07, 6.45) is 2.78. The second kappa shape index (κ2) is 6.23. The lowest BCUT2D eigenvalue weighted by molar-refractivity contribution is 0.0958. The van der Waals surface area contributed by atoms with E-state index < -0.39 is 5.82 Å². The molecule has 0 spiro atoms. The number of carbonyl (C=O) groups excluding carboxylic acids is 1. The monoisotopic (exact) mass is 268 g/mol.